The highest BCUT2D eigenvalue weighted by Gasteiger charge is 2.29. The second kappa shape index (κ2) is 6.19. The summed E-state index contributed by atoms with van der Waals surface area (Å²) >= 11 is 0. The van der Waals surface area contributed by atoms with Crippen LogP contribution in [0.5, 0.6) is 0 Å². The molecule has 0 bridgehead atoms. The lowest BCUT2D eigenvalue weighted by Gasteiger charge is -2.35. The Bertz CT molecular complexity index is 430. The molecule has 106 valence electrons. The molecule has 0 aromatic carbocycles. The number of nitrogens with zero attached hydrogens (tertiary/aromatic N) is 2. The summed E-state index contributed by atoms with van der Waals surface area (Å²) in [6.07, 6.45) is 3.59. The van der Waals surface area contributed by atoms with Crippen LogP contribution in [0, 0.1) is 13.8 Å². The van der Waals surface area contributed by atoms with E-state index in [0.29, 0.717) is 12.1 Å². The average Bonchev–Trinajstić information content (AvgIpc) is 2.34. The Morgan fingerprint density at radius 3 is 2.53 bits per heavy atom. The zero-order chi connectivity index (χ0) is 13.8. The van der Waals surface area contributed by atoms with Crippen LogP contribution >= 0.6 is 0 Å². The first-order valence-electron chi connectivity index (χ1n) is 7.02. The minimum Gasteiger partial charge on any atom is -0.381 e. The summed E-state index contributed by atoms with van der Waals surface area (Å²) in [6, 6.07) is 0.469. The van der Waals surface area contributed by atoms with Crippen molar-refractivity contribution in [2.45, 2.75) is 52.2 Å². The molecule has 0 spiro atoms. The summed E-state index contributed by atoms with van der Waals surface area (Å²) in [5, 5.41) is 6.85. The number of hydrogen-bond donors (Lipinski definition) is 2. The number of methoxy groups -OCH3 is 1. The third-order valence-electron chi connectivity index (χ3n) is 3.57. The van der Waals surface area contributed by atoms with E-state index in [0.717, 1.165) is 48.8 Å². The predicted molar refractivity (Wildman–Crippen MR) is 77.7 cm³/mol. The van der Waals surface area contributed by atoms with Crippen molar-refractivity contribution < 1.29 is 4.74 Å². The van der Waals surface area contributed by atoms with E-state index in [-0.39, 0.29) is 0 Å². The Kier molecular flexibility index (Phi) is 4.58. The summed E-state index contributed by atoms with van der Waals surface area (Å²) in [6.45, 7) is 7.08. The van der Waals surface area contributed by atoms with E-state index >= 15 is 0 Å². The van der Waals surface area contributed by atoms with Gasteiger partial charge >= 0.3 is 0 Å². The van der Waals surface area contributed by atoms with Crippen LogP contribution in [0.4, 0.5) is 11.6 Å². The van der Waals surface area contributed by atoms with Crippen LogP contribution in [0.15, 0.2) is 0 Å². The van der Waals surface area contributed by atoms with E-state index in [2.05, 4.69) is 34.4 Å². The molecule has 0 unspecified atom stereocenters. The number of nitrogens with one attached hydrogen (secondary N) is 2. The summed E-state index contributed by atoms with van der Waals surface area (Å²) < 4.78 is 5.30. The first-order chi connectivity index (χ1) is 9.13. The van der Waals surface area contributed by atoms with E-state index in [9.17, 15) is 0 Å². The van der Waals surface area contributed by atoms with Crippen LogP contribution in [-0.4, -0.2) is 35.8 Å². The molecule has 0 amide bonds. The van der Waals surface area contributed by atoms with Gasteiger partial charge in [-0.15, -0.1) is 0 Å². The quantitative estimate of drug-likeness (QED) is 0.826. The topological polar surface area (TPSA) is 59.1 Å². The lowest BCUT2D eigenvalue weighted by Crippen LogP contribution is -2.40. The average molecular weight is 264 g/mol. The fourth-order valence-corrected chi connectivity index (χ4v) is 2.25. The minimum atomic E-state index is 0.401. The van der Waals surface area contributed by atoms with Gasteiger partial charge in [-0.05, 0) is 33.1 Å². The number of anilines is 2. The Labute approximate surface area is 115 Å². The number of hydrogen-bond acceptors (Lipinski definition) is 5. The van der Waals surface area contributed by atoms with Crippen LogP contribution in [0.2, 0.25) is 0 Å². The molecule has 1 aliphatic rings. The SMILES string of the molecule is CCCNc1nc(C)nc(NC2CC(OC)C2)c1C. The molecule has 0 aliphatic heterocycles. The molecule has 1 aromatic heterocycles. The van der Waals surface area contributed by atoms with Gasteiger partial charge in [0.1, 0.15) is 17.5 Å². The van der Waals surface area contributed by atoms with Crippen LogP contribution in [0.1, 0.15) is 37.6 Å². The lowest BCUT2D eigenvalue weighted by molar-refractivity contribution is 0.0327. The van der Waals surface area contributed by atoms with Crippen molar-refractivity contribution in [3.8, 4) is 0 Å². The molecule has 0 radical (unpaired) electrons. The van der Waals surface area contributed by atoms with Gasteiger partial charge in [0.05, 0.1) is 6.10 Å². The third-order valence-corrected chi connectivity index (χ3v) is 3.57. The second-order valence-corrected chi connectivity index (χ2v) is 5.19. The van der Waals surface area contributed by atoms with Crippen molar-refractivity contribution in [3.05, 3.63) is 11.4 Å². The molecule has 5 heteroatoms. The Balaban J connectivity index is 2.05. The highest BCUT2D eigenvalue weighted by Crippen LogP contribution is 2.28. The highest BCUT2D eigenvalue weighted by atomic mass is 16.5. The normalized spacial score (nSPS) is 21.9. The Hall–Kier alpha value is -1.36. The molecular formula is C14H24N4O. The van der Waals surface area contributed by atoms with Crippen molar-refractivity contribution >= 4 is 11.6 Å². The maximum Gasteiger partial charge on any atom is 0.134 e. The molecule has 2 N–H and O–H groups in total. The Morgan fingerprint density at radius 1 is 1.21 bits per heavy atom. The van der Waals surface area contributed by atoms with Crippen molar-refractivity contribution in [1.82, 2.24) is 9.97 Å². The molecule has 1 saturated carbocycles. The molecule has 5 nitrogen and oxygen atoms in total. The molecule has 0 atom stereocenters. The zero-order valence-electron chi connectivity index (χ0n) is 12.3. The molecule has 1 aromatic rings. The van der Waals surface area contributed by atoms with Gasteiger partial charge in [0.2, 0.25) is 0 Å². The summed E-state index contributed by atoms with van der Waals surface area (Å²) in [7, 11) is 1.77. The van der Waals surface area contributed by atoms with Crippen molar-refractivity contribution in [2.24, 2.45) is 0 Å². The second-order valence-electron chi connectivity index (χ2n) is 5.19. The zero-order valence-corrected chi connectivity index (χ0v) is 12.3. The minimum absolute atomic E-state index is 0.401. The van der Waals surface area contributed by atoms with Gasteiger partial charge in [0, 0.05) is 25.3 Å². The van der Waals surface area contributed by atoms with Crippen molar-refractivity contribution in [1.29, 1.82) is 0 Å². The summed E-state index contributed by atoms with van der Waals surface area (Å²) in [5.74, 6) is 2.69. The number of rotatable bonds is 6. The van der Waals surface area contributed by atoms with Crippen molar-refractivity contribution in [3.63, 3.8) is 0 Å². The third kappa shape index (κ3) is 3.35. The fraction of sp³-hybridized carbons (Fsp3) is 0.714. The Morgan fingerprint density at radius 2 is 1.89 bits per heavy atom. The standard InChI is InChI=1S/C14H24N4O/c1-5-6-15-13-9(2)14(17-10(3)16-13)18-11-7-12(8-11)19-4/h11-12H,5-8H2,1-4H3,(H2,15,16,17,18). The first kappa shape index (κ1) is 14.1. The predicted octanol–water partition coefficient (Wildman–Crippen LogP) is 2.50. The van der Waals surface area contributed by atoms with Gasteiger partial charge < -0.3 is 15.4 Å². The summed E-state index contributed by atoms with van der Waals surface area (Å²) in [5.41, 5.74) is 1.10. The molecule has 19 heavy (non-hydrogen) atoms. The monoisotopic (exact) mass is 264 g/mol. The van der Waals surface area contributed by atoms with Gasteiger partial charge in [0.25, 0.3) is 0 Å². The maximum absolute atomic E-state index is 5.30. The molecule has 0 saturated heterocycles. The van der Waals surface area contributed by atoms with Crippen LogP contribution in [0.3, 0.4) is 0 Å². The van der Waals surface area contributed by atoms with Crippen molar-refractivity contribution in [2.75, 3.05) is 24.3 Å². The van der Waals surface area contributed by atoms with E-state index < -0.39 is 0 Å². The lowest BCUT2D eigenvalue weighted by atomic mass is 9.89. The summed E-state index contributed by atoms with van der Waals surface area (Å²) in [4.78, 5) is 8.98. The van der Waals surface area contributed by atoms with Crippen LogP contribution in [-0.2, 0) is 4.74 Å². The molecule has 1 heterocycles. The molecule has 1 fully saturated rings. The van der Waals surface area contributed by atoms with Gasteiger partial charge in [0.15, 0.2) is 0 Å². The number of ether oxygens (including phenoxy) is 1. The van der Waals surface area contributed by atoms with E-state index in [1.165, 1.54) is 0 Å². The van der Waals surface area contributed by atoms with E-state index in [4.69, 9.17) is 4.74 Å². The molecule has 2 rings (SSSR count). The van der Waals surface area contributed by atoms with Gasteiger partial charge in [-0.25, -0.2) is 9.97 Å². The van der Waals surface area contributed by atoms with Gasteiger partial charge in [-0.1, -0.05) is 6.92 Å². The van der Waals surface area contributed by atoms with Crippen LogP contribution < -0.4 is 10.6 Å². The van der Waals surface area contributed by atoms with Crippen LogP contribution in [0.25, 0.3) is 0 Å². The van der Waals surface area contributed by atoms with Gasteiger partial charge in [-0.2, -0.15) is 0 Å². The maximum atomic E-state index is 5.30. The smallest absolute Gasteiger partial charge is 0.134 e. The number of aromatic nitrogens is 2. The molecule has 1 aliphatic carbocycles. The highest BCUT2D eigenvalue weighted by molar-refractivity contribution is 5.57. The first-order valence-corrected chi connectivity index (χ1v) is 7.02. The van der Waals surface area contributed by atoms with E-state index in [1.807, 2.05) is 6.92 Å². The largest absolute Gasteiger partial charge is 0.381 e. The van der Waals surface area contributed by atoms with Gasteiger partial charge in [-0.3, -0.25) is 0 Å². The fourth-order valence-electron chi connectivity index (χ4n) is 2.25. The molecular weight excluding hydrogens is 240 g/mol. The van der Waals surface area contributed by atoms with E-state index in [1.54, 1.807) is 7.11 Å². The number of aryl methyl sites for hydroxylation is 1.